The Morgan fingerprint density at radius 2 is 1.41 bits per heavy atom. The molecule has 0 aliphatic carbocycles. The number of ether oxygens (including phenoxy) is 3. The van der Waals surface area contributed by atoms with Crippen LogP contribution in [0.3, 0.4) is 0 Å². The Balaban J connectivity index is 1.38. The monoisotopic (exact) mass is 392 g/mol. The van der Waals surface area contributed by atoms with Crippen molar-refractivity contribution in [3.63, 3.8) is 0 Å². The molecule has 150 valence electrons. The van der Waals surface area contributed by atoms with Crippen LogP contribution in [0.4, 0.5) is 11.4 Å². The van der Waals surface area contributed by atoms with Crippen LogP contribution in [0.25, 0.3) is 0 Å². The normalized spacial score (nSPS) is 10.1. The number of nitrogens with one attached hydrogen (secondary N) is 2. The summed E-state index contributed by atoms with van der Waals surface area (Å²) in [6, 6.07) is 24.3. The van der Waals surface area contributed by atoms with Gasteiger partial charge in [-0.3, -0.25) is 4.79 Å². The molecule has 6 nitrogen and oxygen atoms in total. The van der Waals surface area contributed by atoms with E-state index in [-0.39, 0.29) is 12.5 Å². The van der Waals surface area contributed by atoms with Crippen LogP contribution < -0.4 is 24.8 Å². The third-order valence-electron chi connectivity index (χ3n) is 4.02. The number of anilines is 2. The molecule has 0 radical (unpaired) electrons. The average Bonchev–Trinajstić information content (AvgIpc) is 2.77. The van der Waals surface area contributed by atoms with E-state index in [1.807, 2.05) is 66.7 Å². The Kier molecular flexibility index (Phi) is 7.34. The molecule has 0 spiro atoms. The number of hydrogen-bond donors (Lipinski definition) is 2. The van der Waals surface area contributed by atoms with E-state index >= 15 is 0 Å². The molecule has 0 unspecified atom stereocenters. The molecule has 0 aromatic heterocycles. The van der Waals surface area contributed by atoms with Gasteiger partial charge in [0.15, 0.2) is 0 Å². The minimum absolute atomic E-state index is 0.141. The highest BCUT2D eigenvalue weighted by molar-refractivity contribution is 5.93. The second-order valence-electron chi connectivity index (χ2n) is 6.17. The summed E-state index contributed by atoms with van der Waals surface area (Å²) in [5.41, 5.74) is 1.52. The summed E-state index contributed by atoms with van der Waals surface area (Å²) in [6.07, 6.45) is 0. The molecule has 3 aromatic rings. The Morgan fingerprint density at radius 3 is 2.10 bits per heavy atom. The first-order valence-corrected chi connectivity index (χ1v) is 9.31. The van der Waals surface area contributed by atoms with Crippen LogP contribution in [0.2, 0.25) is 0 Å². The van der Waals surface area contributed by atoms with Crippen LogP contribution in [0, 0.1) is 0 Å². The molecule has 0 saturated carbocycles. The third kappa shape index (κ3) is 6.77. The van der Waals surface area contributed by atoms with E-state index in [0.29, 0.717) is 24.7 Å². The van der Waals surface area contributed by atoms with Gasteiger partial charge in [0.05, 0.1) is 13.7 Å². The van der Waals surface area contributed by atoms with Crippen LogP contribution in [0.5, 0.6) is 17.2 Å². The van der Waals surface area contributed by atoms with E-state index in [0.717, 1.165) is 17.2 Å². The van der Waals surface area contributed by atoms with Crippen molar-refractivity contribution in [2.45, 2.75) is 0 Å². The third-order valence-corrected chi connectivity index (χ3v) is 4.02. The smallest absolute Gasteiger partial charge is 0.243 e. The summed E-state index contributed by atoms with van der Waals surface area (Å²) in [5, 5.41) is 5.91. The van der Waals surface area contributed by atoms with Gasteiger partial charge in [0.25, 0.3) is 0 Å². The fourth-order valence-corrected chi connectivity index (χ4v) is 2.59. The lowest BCUT2D eigenvalue weighted by Gasteiger charge is -2.10. The number of carbonyl (C=O) groups excluding carboxylic acids is 1. The molecule has 29 heavy (non-hydrogen) atoms. The summed E-state index contributed by atoms with van der Waals surface area (Å²) in [5.74, 6) is 2.13. The lowest BCUT2D eigenvalue weighted by Crippen LogP contribution is -2.21. The lowest BCUT2D eigenvalue weighted by atomic mass is 10.3. The maximum atomic E-state index is 12.1. The molecular weight excluding hydrogens is 368 g/mol. The molecule has 0 saturated heterocycles. The molecule has 6 heteroatoms. The maximum absolute atomic E-state index is 12.1. The molecule has 0 heterocycles. The standard InChI is InChI=1S/C23H24N2O4/c1-27-22-9-5-6-19(16-22)24-17-23(26)25-18-10-12-21(13-11-18)29-15-14-28-20-7-3-2-4-8-20/h2-13,16,24H,14-15,17H2,1H3,(H,25,26). The van der Waals surface area contributed by atoms with Crippen LogP contribution in [0.1, 0.15) is 0 Å². The van der Waals surface area contributed by atoms with Crippen LogP contribution in [0.15, 0.2) is 78.9 Å². The van der Waals surface area contributed by atoms with Crippen molar-refractivity contribution in [2.75, 3.05) is 37.5 Å². The Morgan fingerprint density at radius 1 is 0.759 bits per heavy atom. The predicted molar refractivity (Wildman–Crippen MR) is 114 cm³/mol. The highest BCUT2D eigenvalue weighted by atomic mass is 16.5. The first-order chi connectivity index (χ1) is 14.2. The van der Waals surface area contributed by atoms with Gasteiger partial charge < -0.3 is 24.8 Å². The Bertz CT molecular complexity index is 898. The molecule has 1 amide bonds. The van der Waals surface area contributed by atoms with Crippen LogP contribution >= 0.6 is 0 Å². The first kappa shape index (κ1) is 20.1. The van der Waals surface area contributed by atoms with Gasteiger partial charge in [-0.2, -0.15) is 0 Å². The quantitative estimate of drug-likeness (QED) is 0.506. The minimum Gasteiger partial charge on any atom is -0.497 e. The second-order valence-corrected chi connectivity index (χ2v) is 6.17. The van der Waals surface area contributed by atoms with Crippen LogP contribution in [-0.2, 0) is 4.79 Å². The molecule has 0 aliphatic heterocycles. The summed E-state index contributed by atoms with van der Waals surface area (Å²) in [7, 11) is 1.61. The fraction of sp³-hybridized carbons (Fsp3) is 0.174. The second kappa shape index (κ2) is 10.6. The van der Waals surface area contributed by atoms with E-state index in [9.17, 15) is 4.79 Å². The Hall–Kier alpha value is -3.67. The number of amides is 1. The zero-order valence-corrected chi connectivity index (χ0v) is 16.3. The van der Waals surface area contributed by atoms with Gasteiger partial charge in [0.2, 0.25) is 5.91 Å². The summed E-state index contributed by atoms with van der Waals surface area (Å²) in [4.78, 5) is 12.1. The predicted octanol–water partition coefficient (Wildman–Crippen LogP) is 4.20. The highest BCUT2D eigenvalue weighted by Gasteiger charge is 2.04. The van der Waals surface area contributed by atoms with E-state index in [1.165, 1.54) is 0 Å². The highest BCUT2D eigenvalue weighted by Crippen LogP contribution is 2.18. The van der Waals surface area contributed by atoms with E-state index < -0.39 is 0 Å². The zero-order chi connectivity index (χ0) is 20.3. The van der Waals surface area contributed by atoms with E-state index in [4.69, 9.17) is 14.2 Å². The Labute approximate surface area is 170 Å². The fourth-order valence-electron chi connectivity index (χ4n) is 2.59. The summed E-state index contributed by atoms with van der Waals surface area (Å²) >= 11 is 0. The largest absolute Gasteiger partial charge is 0.497 e. The molecule has 3 aromatic carbocycles. The zero-order valence-electron chi connectivity index (χ0n) is 16.3. The molecular formula is C23H24N2O4. The topological polar surface area (TPSA) is 68.8 Å². The minimum atomic E-state index is -0.141. The van der Waals surface area contributed by atoms with Gasteiger partial charge in [-0.1, -0.05) is 24.3 Å². The van der Waals surface area contributed by atoms with Gasteiger partial charge in [0, 0.05) is 17.4 Å². The first-order valence-electron chi connectivity index (χ1n) is 9.31. The number of rotatable bonds is 10. The van der Waals surface area contributed by atoms with Gasteiger partial charge in [-0.05, 0) is 48.5 Å². The number of benzene rings is 3. The van der Waals surface area contributed by atoms with Crippen molar-refractivity contribution in [3.8, 4) is 17.2 Å². The van der Waals surface area contributed by atoms with Crippen molar-refractivity contribution in [1.82, 2.24) is 0 Å². The number of carbonyl (C=O) groups is 1. The molecule has 3 rings (SSSR count). The van der Waals surface area contributed by atoms with Crippen molar-refractivity contribution >= 4 is 17.3 Å². The van der Waals surface area contributed by atoms with E-state index in [2.05, 4.69) is 10.6 Å². The van der Waals surface area contributed by atoms with Crippen molar-refractivity contribution in [3.05, 3.63) is 78.9 Å². The van der Waals surface area contributed by atoms with Crippen molar-refractivity contribution < 1.29 is 19.0 Å². The lowest BCUT2D eigenvalue weighted by molar-refractivity contribution is -0.114. The molecule has 0 fully saturated rings. The van der Waals surface area contributed by atoms with Gasteiger partial charge in [-0.15, -0.1) is 0 Å². The van der Waals surface area contributed by atoms with E-state index in [1.54, 1.807) is 19.2 Å². The number of methoxy groups -OCH3 is 1. The number of para-hydroxylation sites is 1. The van der Waals surface area contributed by atoms with Gasteiger partial charge >= 0.3 is 0 Å². The molecule has 0 atom stereocenters. The molecule has 0 bridgehead atoms. The average molecular weight is 392 g/mol. The SMILES string of the molecule is COc1cccc(NCC(=O)Nc2ccc(OCCOc3ccccc3)cc2)c1. The summed E-state index contributed by atoms with van der Waals surface area (Å²) in [6.45, 7) is 1.05. The van der Waals surface area contributed by atoms with Crippen molar-refractivity contribution in [1.29, 1.82) is 0 Å². The van der Waals surface area contributed by atoms with Gasteiger partial charge in [0.1, 0.15) is 30.5 Å². The summed E-state index contributed by atoms with van der Waals surface area (Å²) < 4.78 is 16.4. The van der Waals surface area contributed by atoms with Crippen molar-refractivity contribution in [2.24, 2.45) is 0 Å². The number of hydrogen-bond acceptors (Lipinski definition) is 5. The van der Waals surface area contributed by atoms with Gasteiger partial charge in [-0.25, -0.2) is 0 Å². The van der Waals surface area contributed by atoms with Crippen LogP contribution in [-0.4, -0.2) is 32.8 Å². The molecule has 2 N–H and O–H groups in total. The molecule has 0 aliphatic rings. The maximum Gasteiger partial charge on any atom is 0.243 e.